The maximum absolute atomic E-state index is 5.02. The fourth-order valence-corrected chi connectivity index (χ4v) is 0.629. The van der Waals surface area contributed by atoms with Crippen LogP contribution >= 0.6 is 0 Å². The highest BCUT2D eigenvalue weighted by Gasteiger charge is 1.90. The monoisotopic (exact) mass is 109 g/mol. The predicted octanol–water partition coefficient (Wildman–Crippen LogP) is 1.96. The third-order valence-electron chi connectivity index (χ3n) is 1.07. The van der Waals surface area contributed by atoms with Crippen molar-refractivity contribution in [2.45, 2.75) is 13.3 Å². The number of hydrogen-bond acceptors (Lipinski definition) is 1. The van der Waals surface area contributed by atoms with Crippen LogP contribution in [0.5, 0.6) is 0 Å². The lowest BCUT2D eigenvalue weighted by Gasteiger charge is -1.77. The van der Waals surface area contributed by atoms with Gasteiger partial charge in [0.2, 0.25) is 0 Å². The van der Waals surface area contributed by atoms with Crippen molar-refractivity contribution in [3.63, 3.8) is 0 Å². The second-order valence-electron chi connectivity index (χ2n) is 1.82. The molecule has 0 amide bonds. The van der Waals surface area contributed by atoms with Crippen molar-refractivity contribution in [2.75, 3.05) is 0 Å². The number of furan rings is 1. The molecule has 1 rings (SSSR count). The van der Waals surface area contributed by atoms with Crippen molar-refractivity contribution in [3.8, 4) is 0 Å². The van der Waals surface area contributed by atoms with Crippen molar-refractivity contribution in [1.29, 1.82) is 0 Å². The summed E-state index contributed by atoms with van der Waals surface area (Å²) in [7, 11) is 0. The van der Waals surface area contributed by atoms with Gasteiger partial charge in [-0.25, -0.2) is 0 Å². The smallest absolute Gasteiger partial charge is 0.100 e. The van der Waals surface area contributed by atoms with Crippen LogP contribution in [-0.2, 0) is 6.42 Å². The van der Waals surface area contributed by atoms with E-state index in [0.29, 0.717) is 0 Å². The van der Waals surface area contributed by atoms with Crippen LogP contribution in [0, 0.1) is 13.8 Å². The Morgan fingerprint density at radius 3 is 2.75 bits per heavy atom. The first-order chi connectivity index (χ1) is 3.83. The summed E-state index contributed by atoms with van der Waals surface area (Å²) >= 11 is 0. The highest BCUT2D eigenvalue weighted by molar-refractivity contribution is 5.11. The van der Waals surface area contributed by atoms with Crippen LogP contribution in [0.2, 0.25) is 0 Å². The molecule has 1 aromatic heterocycles. The largest absolute Gasteiger partial charge is 0.469 e. The second-order valence-corrected chi connectivity index (χ2v) is 1.82. The molecule has 0 saturated carbocycles. The fourth-order valence-electron chi connectivity index (χ4n) is 0.629. The summed E-state index contributed by atoms with van der Waals surface area (Å²) in [5, 5.41) is 0. The minimum absolute atomic E-state index is 0.817. The summed E-state index contributed by atoms with van der Waals surface area (Å²) < 4.78 is 5.02. The van der Waals surface area contributed by atoms with E-state index in [9.17, 15) is 0 Å². The SMILES string of the molecule is [CH2]Cc1coc(C)c1. The zero-order valence-corrected chi connectivity index (χ0v) is 4.98. The van der Waals surface area contributed by atoms with Crippen LogP contribution in [0.3, 0.4) is 0 Å². The van der Waals surface area contributed by atoms with Crippen molar-refractivity contribution < 1.29 is 4.42 Å². The van der Waals surface area contributed by atoms with Gasteiger partial charge in [0.05, 0.1) is 6.26 Å². The molecule has 1 radical (unpaired) electrons. The first kappa shape index (κ1) is 5.42. The molecule has 1 heteroatoms. The van der Waals surface area contributed by atoms with Crippen LogP contribution in [0.1, 0.15) is 11.3 Å². The molecule has 0 aliphatic carbocycles. The first-order valence-corrected chi connectivity index (χ1v) is 2.66. The maximum Gasteiger partial charge on any atom is 0.100 e. The van der Waals surface area contributed by atoms with Crippen LogP contribution in [0.4, 0.5) is 0 Å². The molecule has 0 aliphatic rings. The van der Waals surface area contributed by atoms with E-state index in [0.717, 1.165) is 12.2 Å². The molecule has 8 heavy (non-hydrogen) atoms. The number of hydrogen-bond donors (Lipinski definition) is 0. The molecule has 0 N–H and O–H groups in total. The molecule has 0 spiro atoms. The summed E-state index contributed by atoms with van der Waals surface area (Å²) in [6.45, 7) is 5.64. The van der Waals surface area contributed by atoms with Crippen molar-refractivity contribution in [2.24, 2.45) is 0 Å². The van der Waals surface area contributed by atoms with Crippen LogP contribution in [0.25, 0.3) is 0 Å². The molecule has 0 aliphatic heterocycles. The highest BCUT2D eigenvalue weighted by Crippen LogP contribution is 2.05. The molecule has 0 unspecified atom stereocenters. The molecule has 0 saturated heterocycles. The molecular weight excluding hydrogens is 100 g/mol. The molecule has 1 aromatic rings. The van der Waals surface area contributed by atoms with E-state index in [1.54, 1.807) is 6.26 Å². The lowest BCUT2D eigenvalue weighted by Crippen LogP contribution is -1.68. The second kappa shape index (κ2) is 2.03. The van der Waals surface area contributed by atoms with Crippen molar-refractivity contribution in [3.05, 3.63) is 30.6 Å². The van der Waals surface area contributed by atoms with Crippen LogP contribution in [-0.4, -0.2) is 0 Å². The van der Waals surface area contributed by atoms with Gasteiger partial charge in [-0.3, -0.25) is 0 Å². The Labute approximate surface area is 49.3 Å². The van der Waals surface area contributed by atoms with E-state index in [1.807, 2.05) is 13.0 Å². The molecule has 0 fully saturated rings. The highest BCUT2D eigenvalue weighted by atomic mass is 16.3. The molecule has 43 valence electrons. The van der Waals surface area contributed by atoms with Gasteiger partial charge in [-0.05, 0) is 31.9 Å². The maximum atomic E-state index is 5.02. The van der Waals surface area contributed by atoms with E-state index in [4.69, 9.17) is 4.42 Å². The third kappa shape index (κ3) is 0.915. The zero-order valence-electron chi connectivity index (χ0n) is 4.98. The van der Waals surface area contributed by atoms with Gasteiger partial charge in [0, 0.05) is 0 Å². The van der Waals surface area contributed by atoms with Crippen molar-refractivity contribution in [1.82, 2.24) is 0 Å². The van der Waals surface area contributed by atoms with Gasteiger partial charge in [0.1, 0.15) is 5.76 Å². The Bertz CT molecular complexity index is 165. The quantitative estimate of drug-likeness (QED) is 0.537. The summed E-state index contributed by atoms with van der Waals surface area (Å²) in [5.74, 6) is 0.962. The molecule has 1 heterocycles. The standard InChI is InChI=1S/C7H9O/c1-3-7-4-6(2)8-5-7/h4-5H,1,3H2,2H3. The van der Waals surface area contributed by atoms with E-state index in [2.05, 4.69) is 6.92 Å². The lowest BCUT2D eigenvalue weighted by molar-refractivity contribution is 0.532. The van der Waals surface area contributed by atoms with Crippen LogP contribution < -0.4 is 0 Å². The zero-order chi connectivity index (χ0) is 5.98. The number of rotatable bonds is 1. The average Bonchev–Trinajstić information content (AvgIpc) is 2.14. The van der Waals surface area contributed by atoms with Gasteiger partial charge in [0.15, 0.2) is 0 Å². The Kier molecular flexibility index (Phi) is 1.38. The lowest BCUT2D eigenvalue weighted by atomic mass is 10.2. The number of aryl methyl sites for hydroxylation is 1. The summed E-state index contributed by atoms with van der Waals surface area (Å²) in [6.07, 6.45) is 2.56. The van der Waals surface area contributed by atoms with Gasteiger partial charge in [-0.2, -0.15) is 0 Å². The topological polar surface area (TPSA) is 13.1 Å². The minimum Gasteiger partial charge on any atom is -0.469 e. The molecular formula is C7H9O. The van der Waals surface area contributed by atoms with E-state index < -0.39 is 0 Å². The van der Waals surface area contributed by atoms with Gasteiger partial charge >= 0.3 is 0 Å². The van der Waals surface area contributed by atoms with E-state index in [-0.39, 0.29) is 0 Å². The minimum atomic E-state index is 0.817. The normalized spacial score (nSPS) is 9.75. The summed E-state index contributed by atoms with van der Waals surface area (Å²) in [5.41, 5.74) is 1.17. The predicted molar refractivity (Wildman–Crippen MR) is 32.5 cm³/mol. The van der Waals surface area contributed by atoms with Gasteiger partial charge in [-0.1, -0.05) is 0 Å². The molecule has 1 nitrogen and oxygen atoms in total. The first-order valence-electron chi connectivity index (χ1n) is 2.66. The van der Waals surface area contributed by atoms with Gasteiger partial charge < -0.3 is 4.42 Å². The Morgan fingerprint density at radius 2 is 2.50 bits per heavy atom. The van der Waals surface area contributed by atoms with Gasteiger partial charge in [0.25, 0.3) is 0 Å². The average molecular weight is 109 g/mol. The van der Waals surface area contributed by atoms with E-state index in [1.165, 1.54) is 5.56 Å². The van der Waals surface area contributed by atoms with E-state index >= 15 is 0 Å². The van der Waals surface area contributed by atoms with Crippen LogP contribution in [0.15, 0.2) is 16.7 Å². The molecule has 0 aromatic carbocycles. The van der Waals surface area contributed by atoms with Crippen molar-refractivity contribution >= 4 is 0 Å². The Hall–Kier alpha value is -0.720. The Morgan fingerprint density at radius 1 is 1.75 bits per heavy atom. The van der Waals surface area contributed by atoms with Gasteiger partial charge in [-0.15, -0.1) is 0 Å². The summed E-state index contributed by atoms with van der Waals surface area (Å²) in [4.78, 5) is 0. The summed E-state index contributed by atoms with van der Waals surface area (Å²) in [6, 6.07) is 1.99. The third-order valence-corrected chi connectivity index (χ3v) is 1.07. The Balaban J connectivity index is 2.84. The fraction of sp³-hybridized carbons (Fsp3) is 0.286. The molecule has 0 bridgehead atoms. The molecule has 0 atom stereocenters.